The molecule has 0 aromatic carbocycles. The van der Waals surface area contributed by atoms with Gasteiger partial charge in [-0.15, -0.1) is 0 Å². The highest BCUT2D eigenvalue weighted by atomic mass is 19.1. The van der Waals surface area contributed by atoms with Crippen LogP contribution in [0.15, 0.2) is 0 Å². The molecule has 0 spiro atoms. The van der Waals surface area contributed by atoms with Crippen molar-refractivity contribution in [2.75, 3.05) is 13.6 Å². The van der Waals surface area contributed by atoms with Crippen molar-refractivity contribution in [2.24, 2.45) is 0 Å². The molecule has 0 saturated heterocycles. The van der Waals surface area contributed by atoms with E-state index >= 15 is 0 Å². The van der Waals surface area contributed by atoms with Crippen molar-refractivity contribution in [1.29, 1.82) is 0 Å². The largest absolute Gasteiger partial charge is 0.317 e. The number of halogens is 1. The maximum absolute atomic E-state index is 12.3. The fraction of sp³-hybridized carbons (Fsp3) is 1.00. The highest BCUT2D eigenvalue weighted by molar-refractivity contribution is 4.66. The van der Waals surface area contributed by atoms with E-state index in [-0.39, 0.29) is 0 Å². The van der Waals surface area contributed by atoms with Gasteiger partial charge in [-0.1, -0.05) is 0 Å². The summed E-state index contributed by atoms with van der Waals surface area (Å²) < 4.78 is 12.3. The lowest BCUT2D eigenvalue weighted by Crippen LogP contribution is -2.27. The molecular weight excluding hydrogens is 93.1 g/mol. The van der Waals surface area contributed by atoms with Crippen molar-refractivity contribution in [1.82, 2.24) is 5.32 Å². The molecule has 44 valence electrons. The van der Waals surface area contributed by atoms with Crippen molar-refractivity contribution in [3.05, 3.63) is 0 Å². The number of hydrogen-bond donors (Lipinski definition) is 1. The Morgan fingerprint density at radius 2 is 2.00 bits per heavy atom. The third-order valence-electron chi connectivity index (χ3n) is 0.597. The molecular formula is C5H12FN. The summed E-state index contributed by atoms with van der Waals surface area (Å²) in [5.74, 6) is 0. The highest BCUT2D eigenvalue weighted by Gasteiger charge is 2.11. The molecule has 7 heavy (non-hydrogen) atoms. The van der Waals surface area contributed by atoms with Gasteiger partial charge in [0.2, 0.25) is 0 Å². The van der Waals surface area contributed by atoms with Crippen molar-refractivity contribution < 1.29 is 4.39 Å². The quantitative estimate of drug-likeness (QED) is 0.551. The SMILES string of the molecule is CNCC(C)(C)F. The van der Waals surface area contributed by atoms with E-state index in [4.69, 9.17) is 0 Å². The normalized spacial score (nSPS) is 12.0. The Bertz CT molecular complexity index is 46.5. The van der Waals surface area contributed by atoms with Crippen LogP contribution < -0.4 is 5.32 Å². The van der Waals surface area contributed by atoms with E-state index < -0.39 is 5.67 Å². The molecule has 1 N–H and O–H groups in total. The molecule has 0 aliphatic heterocycles. The Kier molecular flexibility index (Phi) is 2.23. The first-order chi connectivity index (χ1) is 3.06. The average molecular weight is 105 g/mol. The smallest absolute Gasteiger partial charge is 0.117 e. The summed E-state index contributed by atoms with van der Waals surface area (Å²) in [4.78, 5) is 0. The monoisotopic (exact) mass is 105 g/mol. The number of hydrogen-bond acceptors (Lipinski definition) is 1. The minimum Gasteiger partial charge on any atom is -0.317 e. The third kappa shape index (κ3) is 5.89. The molecule has 0 radical (unpaired) electrons. The minimum atomic E-state index is -1.06. The van der Waals surface area contributed by atoms with Gasteiger partial charge in [0.1, 0.15) is 5.67 Å². The molecule has 0 fully saturated rings. The van der Waals surface area contributed by atoms with Crippen LogP contribution in [-0.4, -0.2) is 19.3 Å². The second-order valence-corrected chi connectivity index (χ2v) is 2.25. The Labute approximate surface area is 43.9 Å². The molecule has 0 bridgehead atoms. The fourth-order valence-corrected chi connectivity index (χ4v) is 0.420. The van der Waals surface area contributed by atoms with Crippen LogP contribution in [0.25, 0.3) is 0 Å². The van der Waals surface area contributed by atoms with Gasteiger partial charge < -0.3 is 5.32 Å². The van der Waals surface area contributed by atoms with Gasteiger partial charge in [-0.25, -0.2) is 4.39 Å². The Morgan fingerprint density at radius 3 is 2.00 bits per heavy atom. The maximum Gasteiger partial charge on any atom is 0.117 e. The average Bonchev–Trinajstić information content (AvgIpc) is 1.30. The number of nitrogens with one attached hydrogen (secondary N) is 1. The molecule has 2 heteroatoms. The first kappa shape index (κ1) is 6.89. The van der Waals surface area contributed by atoms with Gasteiger partial charge in [-0.05, 0) is 20.9 Å². The number of alkyl halides is 1. The Hall–Kier alpha value is -0.110. The van der Waals surface area contributed by atoms with E-state index in [1.807, 2.05) is 0 Å². The van der Waals surface area contributed by atoms with Gasteiger partial charge in [-0.3, -0.25) is 0 Å². The molecule has 0 rings (SSSR count). The fourth-order valence-electron chi connectivity index (χ4n) is 0.420. The van der Waals surface area contributed by atoms with Gasteiger partial charge in [0, 0.05) is 6.54 Å². The lowest BCUT2D eigenvalue weighted by Gasteiger charge is -2.11. The minimum absolute atomic E-state index is 0.424. The second kappa shape index (κ2) is 2.26. The van der Waals surface area contributed by atoms with Crippen LogP contribution in [0.5, 0.6) is 0 Å². The van der Waals surface area contributed by atoms with Gasteiger partial charge in [0.05, 0.1) is 0 Å². The lowest BCUT2D eigenvalue weighted by molar-refractivity contribution is 0.215. The van der Waals surface area contributed by atoms with Gasteiger partial charge in [0.25, 0.3) is 0 Å². The number of rotatable bonds is 2. The van der Waals surface area contributed by atoms with Crippen LogP contribution >= 0.6 is 0 Å². The molecule has 0 saturated carbocycles. The Morgan fingerprint density at radius 1 is 1.57 bits per heavy atom. The molecule has 0 aliphatic carbocycles. The predicted molar refractivity (Wildman–Crippen MR) is 29.1 cm³/mol. The van der Waals surface area contributed by atoms with Crippen molar-refractivity contribution in [3.63, 3.8) is 0 Å². The summed E-state index contributed by atoms with van der Waals surface area (Å²) >= 11 is 0. The van der Waals surface area contributed by atoms with Crippen LogP contribution in [0.4, 0.5) is 4.39 Å². The van der Waals surface area contributed by atoms with E-state index in [1.165, 1.54) is 0 Å². The predicted octanol–water partition coefficient (Wildman–Crippen LogP) is 0.954. The Balaban J connectivity index is 3.15. The molecule has 0 unspecified atom stereocenters. The van der Waals surface area contributed by atoms with Crippen molar-refractivity contribution in [3.8, 4) is 0 Å². The first-order valence-corrected chi connectivity index (χ1v) is 2.40. The zero-order valence-corrected chi connectivity index (χ0v) is 5.09. The summed E-state index contributed by atoms with van der Waals surface area (Å²) in [5, 5.41) is 2.73. The van der Waals surface area contributed by atoms with Crippen LogP contribution in [0.2, 0.25) is 0 Å². The highest BCUT2D eigenvalue weighted by Crippen LogP contribution is 2.03. The molecule has 0 aliphatic rings. The molecule has 0 heterocycles. The molecule has 0 aromatic rings. The van der Waals surface area contributed by atoms with E-state index in [1.54, 1.807) is 20.9 Å². The first-order valence-electron chi connectivity index (χ1n) is 2.40. The van der Waals surface area contributed by atoms with Gasteiger partial charge in [0.15, 0.2) is 0 Å². The zero-order valence-electron chi connectivity index (χ0n) is 5.09. The van der Waals surface area contributed by atoms with Crippen molar-refractivity contribution in [2.45, 2.75) is 19.5 Å². The summed E-state index contributed by atoms with van der Waals surface area (Å²) in [6, 6.07) is 0. The van der Waals surface area contributed by atoms with E-state index in [0.29, 0.717) is 6.54 Å². The standard InChI is InChI=1S/C5H12FN/c1-5(2,6)4-7-3/h7H,4H2,1-3H3. The van der Waals surface area contributed by atoms with E-state index in [0.717, 1.165) is 0 Å². The van der Waals surface area contributed by atoms with Crippen LogP contribution in [0.1, 0.15) is 13.8 Å². The van der Waals surface area contributed by atoms with E-state index in [2.05, 4.69) is 5.32 Å². The summed E-state index contributed by atoms with van der Waals surface area (Å²) in [6.07, 6.45) is 0. The van der Waals surface area contributed by atoms with Gasteiger partial charge in [-0.2, -0.15) is 0 Å². The second-order valence-electron chi connectivity index (χ2n) is 2.25. The summed E-state index contributed by atoms with van der Waals surface area (Å²) in [6.45, 7) is 3.51. The molecule has 0 aromatic heterocycles. The zero-order chi connectivity index (χ0) is 5.91. The van der Waals surface area contributed by atoms with Crippen LogP contribution in [0.3, 0.4) is 0 Å². The molecule has 0 amide bonds. The van der Waals surface area contributed by atoms with E-state index in [9.17, 15) is 4.39 Å². The topological polar surface area (TPSA) is 12.0 Å². The molecule has 1 nitrogen and oxygen atoms in total. The maximum atomic E-state index is 12.3. The van der Waals surface area contributed by atoms with Crippen molar-refractivity contribution >= 4 is 0 Å². The van der Waals surface area contributed by atoms with Gasteiger partial charge >= 0.3 is 0 Å². The molecule has 0 atom stereocenters. The van der Waals surface area contributed by atoms with Crippen LogP contribution in [0, 0.1) is 0 Å². The van der Waals surface area contributed by atoms with Crippen LogP contribution in [-0.2, 0) is 0 Å². The summed E-state index contributed by atoms with van der Waals surface area (Å²) in [5.41, 5.74) is -1.06. The lowest BCUT2D eigenvalue weighted by atomic mass is 10.2. The summed E-state index contributed by atoms with van der Waals surface area (Å²) in [7, 11) is 1.74. The third-order valence-corrected chi connectivity index (χ3v) is 0.597.